The van der Waals surface area contributed by atoms with E-state index in [4.69, 9.17) is 11.6 Å². The summed E-state index contributed by atoms with van der Waals surface area (Å²) in [5.74, 6) is 0. The smallest absolute Gasteiger partial charge is 0.129 e. The Bertz CT molecular complexity index is 405. The van der Waals surface area contributed by atoms with Gasteiger partial charge in [-0.05, 0) is 18.2 Å². The zero-order valence-corrected chi connectivity index (χ0v) is 7.86. The van der Waals surface area contributed by atoms with E-state index in [9.17, 15) is 0 Å². The molecule has 0 atom stereocenters. The molecule has 2 heterocycles. The van der Waals surface area contributed by atoms with E-state index >= 15 is 0 Å². The van der Waals surface area contributed by atoms with E-state index in [1.54, 1.807) is 23.1 Å². The zero-order chi connectivity index (χ0) is 9.26. The summed E-state index contributed by atoms with van der Waals surface area (Å²) in [5, 5.41) is 4.58. The molecule has 0 aliphatic rings. The SMILES string of the molecule is Cn1nccc1-c1ccc(Cl)nc1. The largest absolute Gasteiger partial charge is 0.268 e. The second-order valence-electron chi connectivity index (χ2n) is 2.71. The van der Waals surface area contributed by atoms with E-state index in [2.05, 4.69) is 10.1 Å². The fraction of sp³-hybridized carbons (Fsp3) is 0.111. The van der Waals surface area contributed by atoms with Gasteiger partial charge >= 0.3 is 0 Å². The van der Waals surface area contributed by atoms with Gasteiger partial charge in [-0.25, -0.2) is 4.98 Å². The summed E-state index contributed by atoms with van der Waals surface area (Å²) < 4.78 is 1.80. The Balaban J connectivity index is 2.47. The number of hydrogen-bond acceptors (Lipinski definition) is 2. The summed E-state index contributed by atoms with van der Waals surface area (Å²) in [5.41, 5.74) is 2.05. The lowest BCUT2D eigenvalue weighted by Gasteiger charge is -2.00. The lowest BCUT2D eigenvalue weighted by Crippen LogP contribution is -1.93. The average molecular weight is 194 g/mol. The topological polar surface area (TPSA) is 30.7 Å². The van der Waals surface area contributed by atoms with E-state index in [1.165, 1.54) is 0 Å². The molecule has 0 bridgehead atoms. The molecule has 0 saturated carbocycles. The molecule has 3 nitrogen and oxygen atoms in total. The van der Waals surface area contributed by atoms with Crippen LogP contribution in [0.1, 0.15) is 0 Å². The number of nitrogens with zero attached hydrogens (tertiary/aromatic N) is 3. The highest BCUT2D eigenvalue weighted by molar-refractivity contribution is 6.29. The van der Waals surface area contributed by atoms with Crippen molar-refractivity contribution in [2.75, 3.05) is 0 Å². The van der Waals surface area contributed by atoms with Crippen LogP contribution in [0.4, 0.5) is 0 Å². The van der Waals surface area contributed by atoms with Crippen molar-refractivity contribution in [3.63, 3.8) is 0 Å². The monoisotopic (exact) mass is 193 g/mol. The van der Waals surface area contributed by atoms with Gasteiger partial charge in [-0.1, -0.05) is 11.6 Å². The van der Waals surface area contributed by atoms with Crippen LogP contribution in [0.25, 0.3) is 11.3 Å². The third-order valence-electron chi connectivity index (χ3n) is 1.84. The highest BCUT2D eigenvalue weighted by Crippen LogP contribution is 2.17. The molecule has 0 saturated heterocycles. The third-order valence-corrected chi connectivity index (χ3v) is 2.07. The standard InChI is InChI=1S/C9H8ClN3/c1-13-8(4-5-12-13)7-2-3-9(10)11-6-7/h2-6H,1H3. The first-order valence-electron chi connectivity index (χ1n) is 3.87. The van der Waals surface area contributed by atoms with Gasteiger partial charge in [-0.3, -0.25) is 4.68 Å². The predicted octanol–water partition coefficient (Wildman–Crippen LogP) is 2.14. The van der Waals surface area contributed by atoms with Gasteiger partial charge in [-0.2, -0.15) is 5.10 Å². The molecule has 0 N–H and O–H groups in total. The Hall–Kier alpha value is -1.35. The van der Waals surface area contributed by atoms with Crippen LogP contribution in [0.5, 0.6) is 0 Å². The van der Waals surface area contributed by atoms with Crippen LogP contribution in [-0.4, -0.2) is 14.8 Å². The first kappa shape index (κ1) is 8.26. The van der Waals surface area contributed by atoms with Crippen molar-refractivity contribution in [3.05, 3.63) is 35.7 Å². The van der Waals surface area contributed by atoms with Crippen LogP contribution >= 0.6 is 11.6 Å². The van der Waals surface area contributed by atoms with Gasteiger partial charge in [0, 0.05) is 25.0 Å². The highest BCUT2D eigenvalue weighted by Gasteiger charge is 2.01. The maximum Gasteiger partial charge on any atom is 0.129 e. The van der Waals surface area contributed by atoms with E-state index < -0.39 is 0 Å². The van der Waals surface area contributed by atoms with Crippen LogP contribution in [0.2, 0.25) is 5.15 Å². The van der Waals surface area contributed by atoms with Crippen LogP contribution < -0.4 is 0 Å². The molecule has 13 heavy (non-hydrogen) atoms. The summed E-state index contributed by atoms with van der Waals surface area (Å²) in [6.07, 6.45) is 3.49. The van der Waals surface area contributed by atoms with Crippen molar-refractivity contribution in [1.29, 1.82) is 0 Å². The predicted molar refractivity (Wildman–Crippen MR) is 51.4 cm³/mol. The fourth-order valence-electron chi connectivity index (χ4n) is 1.18. The number of hydrogen-bond donors (Lipinski definition) is 0. The van der Waals surface area contributed by atoms with Crippen molar-refractivity contribution >= 4 is 11.6 Å². The molecule has 66 valence electrons. The third kappa shape index (κ3) is 1.55. The van der Waals surface area contributed by atoms with E-state index in [0.29, 0.717) is 5.15 Å². The Morgan fingerprint density at radius 1 is 1.31 bits per heavy atom. The summed E-state index contributed by atoms with van der Waals surface area (Å²) in [4.78, 5) is 4.00. The Labute approximate surface area is 81.0 Å². The summed E-state index contributed by atoms with van der Waals surface area (Å²) >= 11 is 5.68. The molecule has 2 aromatic rings. The normalized spacial score (nSPS) is 10.3. The minimum absolute atomic E-state index is 0.505. The molecule has 4 heteroatoms. The highest BCUT2D eigenvalue weighted by atomic mass is 35.5. The maximum absolute atomic E-state index is 5.68. The molecule has 2 rings (SSSR count). The van der Waals surface area contributed by atoms with Crippen LogP contribution in [0.15, 0.2) is 30.6 Å². The Kier molecular flexibility index (Phi) is 2.02. The van der Waals surface area contributed by atoms with Gasteiger partial charge in [0.15, 0.2) is 0 Å². The second kappa shape index (κ2) is 3.18. The molecule has 0 aliphatic heterocycles. The van der Waals surface area contributed by atoms with Gasteiger partial charge in [0.1, 0.15) is 5.15 Å². The molecule has 0 spiro atoms. The van der Waals surface area contributed by atoms with Crippen molar-refractivity contribution in [2.24, 2.45) is 7.05 Å². The number of aryl methyl sites for hydroxylation is 1. The second-order valence-corrected chi connectivity index (χ2v) is 3.10. The van der Waals surface area contributed by atoms with Crippen molar-refractivity contribution in [3.8, 4) is 11.3 Å². The summed E-state index contributed by atoms with van der Waals surface area (Å²) in [7, 11) is 1.89. The molecule has 2 aromatic heterocycles. The fourth-order valence-corrected chi connectivity index (χ4v) is 1.30. The first-order chi connectivity index (χ1) is 6.27. The van der Waals surface area contributed by atoms with Gasteiger partial charge in [0.2, 0.25) is 0 Å². The van der Waals surface area contributed by atoms with E-state index in [0.717, 1.165) is 11.3 Å². The van der Waals surface area contributed by atoms with Crippen molar-refractivity contribution < 1.29 is 0 Å². The number of rotatable bonds is 1. The maximum atomic E-state index is 5.68. The quantitative estimate of drug-likeness (QED) is 0.650. The van der Waals surface area contributed by atoms with Gasteiger partial charge in [-0.15, -0.1) is 0 Å². The molecule has 0 radical (unpaired) electrons. The van der Waals surface area contributed by atoms with E-state index in [1.807, 2.05) is 19.2 Å². The number of pyridine rings is 1. The summed E-state index contributed by atoms with van der Waals surface area (Å²) in [6, 6.07) is 5.63. The van der Waals surface area contributed by atoms with Gasteiger partial charge in [0.25, 0.3) is 0 Å². The van der Waals surface area contributed by atoms with Crippen molar-refractivity contribution in [1.82, 2.24) is 14.8 Å². The molecule has 0 unspecified atom stereocenters. The first-order valence-corrected chi connectivity index (χ1v) is 4.25. The average Bonchev–Trinajstić information content (AvgIpc) is 2.53. The van der Waals surface area contributed by atoms with Gasteiger partial charge < -0.3 is 0 Å². The van der Waals surface area contributed by atoms with Crippen LogP contribution in [-0.2, 0) is 7.05 Å². The minimum Gasteiger partial charge on any atom is -0.268 e. The number of halogens is 1. The Morgan fingerprint density at radius 2 is 2.15 bits per heavy atom. The zero-order valence-electron chi connectivity index (χ0n) is 7.11. The molecular weight excluding hydrogens is 186 g/mol. The van der Waals surface area contributed by atoms with Crippen LogP contribution in [0, 0.1) is 0 Å². The van der Waals surface area contributed by atoms with Gasteiger partial charge in [0.05, 0.1) is 5.69 Å². The molecular formula is C9H8ClN3. The van der Waals surface area contributed by atoms with E-state index in [-0.39, 0.29) is 0 Å². The van der Waals surface area contributed by atoms with Crippen LogP contribution in [0.3, 0.4) is 0 Å². The molecule has 0 aliphatic carbocycles. The molecule has 0 fully saturated rings. The number of aromatic nitrogens is 3. The molecule has 0 amide bonds. The lowest BCUT2D eigenvalue weighted by atomic mass is 10.2. The minimum atomic E-state index is 0.505. The lowest BCUT2D eigenvalue weighted by molar-refractivity contribution is 0.775. The Morgan fingerprint density at radius 3 is 2.69 bits per heavy atom. The summed E-state index contributed by atoms with van der Waals surface area (Å²) in [6.45, 7) is 0. The van der Waals surface area contributed by atoms with Crippen molar-refractivity contribution in [2.45, 2.75) is 0 Å². The molecule has 0 aromatic carbocycles.